The highest BCUT2D eigenvalue weighted by molar-refractivity contribution is 5.59. The fourth-order valence-electron chi connectivity index (χ4n) is 2.07. The second-order valence-electron chi connectivity index (χ2n) is 3.78. The van der Waals surface area contributed by atoms with E-state index in [0.717, 1.165) is 12.2 Å². The van der Waals surface area contributed by atoms with Gasteiger partial charge in [0.2, 0.25) is 0 Å². The van der Waals surface area contributed by atoms with E-state index in [1.807, 2.05) is 18.2 Å². The Hall–Kier alpha value is -1.50. The van der Waals surface area contributed by atoms with Gasteiger partial charge in [-0.25, -0.2) is 0 Å². The summed E-state index contributed by atoms with van der Waals surface area (Å²) in [5.41, 5.74) is 2.59. The maximum absolute atomic E-state index is 5.81. The summed E-state index contributed by atoms with van der Waals surface area (Å²) in [5.74, 6) is 2.22. The van der Waals surface area contributed by atoms with Crippen LogP contribution in [-0.2, 0) is 12.8 Å². The molecule has 1 aliphatic carbocycles. The quantitative estimate of drug-likeness (QED) is 0.661. The molecule has 1 nitrogen and oxygen atoms in total. The first-order valence-electron chi connectivity index (χ1n) is 5.10. The first kappa shape index (κ1) is 7.86. The third-order valence-corrected chi connectivity index (χ3v) is 2.80. The number of benzene rings is 1. The van der Waals surface area contributed by atoms with Crippen molar-refractivity contribution in [1.82, 2.24) is 0 Å². The van der Waals surface area contributed by atoms with Crippen molar-refractivity contribution in [3.8, 4) is 11.3 Å². The van der Waals surface area contributed by atoms with Crippen LogP contribution in [0.15, 0.2) is 40.8 Å². The van der Waals surface area contributed by atoms with E-state index in [9.17, 15) is 0 Å². The molecular weight excluding hydrogens is 172 g/mol. The molecular formula is C13H12O. The molecule has 0 saturated heterocycles. The average Bonchev–Trinajstić information content (AvgIpc) is 2.78. The largest absolute Gasteiger partial charge is 0.461 e. The van der Waals surface area contributed by atoms with Gasteiger partial charge in [0, 0.05) is 12.0 Å². The molecule has 0 radical (unpaired) electrons. The lowest BCUT2D eigenvalue weighted by Gasteiger charge is -1.95. The topological polar surface area (TPSA) is 13.1 Å². The average molecular weight is 184 g/mol. The summed E-state index contributed by atoms with van der Waals surface area (Å²) in [6.07, 6.45) is 3.55. The zero-order valence-corrected chi connectivity index (χ0v) is 7.99. The Kier molecular flexibility index (Phi) is 1.69. The number of hydrogen-bond acceptors (Lipinski definition) is 1. The zero-order chi connectivity index (χ0) is 9.38. The Bertz CT molecular complexity index is 418. The smallest absolute Gasteiger partial charge is 0.134 e. The highest BCUT2D eigenvalue weighted by Crippen LogP contribution is 2.30. The lowest BCUT2D eigenvalue weighted by Crippen LogP contribution is -1.74. The van der Waals surface area contributed by atoms with E-state index in [1.165, 1.54) is 29.7 Å². The minimum Gasteiger partial charge on any atom is -0.461 e. The van der Waals surface area contributed by atoms with Gasteiger partial charge in [0.05, 0.1) is 0 Å². The first-order chi connectivity index (χ1) is 6.93. The lowest BCUT2D eigenvalue weighted by molar-refractivity contribution is 0.529. The molecule has 1 aromatic carbocycles. The normalized spacial score (nSPS) is 14.3. The van der Waals surface area contributed by atoms with Crippen LogP contribution >= 0.6 is 0 Å². The van der Waals surface area contributed by atoms with Crippen LogP contribution in [0.5, 0.6) is 0 Å². The van der Waals surface area contributed by atoms with Crippen LogP contribution < -0.4 is 0 Å². The highest BCUT2D eigenvalue weighted by atomic mass is 16.3. The summed E-state index contributed by atoms with van der Waals surface area (Å²) in [4.78, 5) is 0. The Morgan fingerprint density at radius 1 is 1.00 bits per heavy atom. The van der Waals surface area contributed by atoms with Gasteiger partial charge >= 0.3 is 0 Å². The fraction of sp³-hybridized carbons (Fsp3) is 0.231. The van der Waals surface area contributed by atoms with Crippen molar-refractivity contribution in [1.29, 1.82) is 0 Å². The summed E-state index contributed by atoms with van der Waals surface area (Å²) in [7, 11) is 0. The number of aryl methyl sites for hydroxylation is 2. The summed E-state index contributed by atoms with van der Waals surface area (Å²) >= 11 is 0. The molecule has 2 aromatic rings. The minimum absolute atomic E-state index is 1.02. The van der Waals surface area contributed by atoms with Gasteiger partial charge in [-0.05, 0) is 24.5 Å². The predicted octanol–water partition coefficient (Wildman–Crippen LogP) is 3.44. The Morgan fingerprint density at radius 2 is 1.86 bits per heavy atom. The summed E-state index contributed by atoms with van der Waals surface area (Å²) < 4.78 is 5.81. The van der Waals surface area contributed by atoms with E-state index in [4.69, 9.17) is 4.42 Å². The van der Waals surface area contributed by atoms with Crippen LogP contribution in [0.1, 0.15) is 17.7 Å². The van der Waals surface area contributed by atoms with Gasteiger partial charge in [-0.1, -0.05) is 30.3 Å². The van der Waals surface area contributed by atoms with Crippen molar-refractivity contribution in [2.45, 2.75) is 19.3 Å². The molecule has 0 saturated carbocycles. The van der Waals surface area contributed by atoms with Gasteiger partial charge in [-0.15, -0.1) is 0 Å². The van der Waals surface area contributed by atoms with Gasteiger partial charge < -0.3 is 4.42 Å². The Labute approximate surface area is 83.4 Å². The van der Waals surface area contributed by atoms with E-state index in [1.54, 1.807) is 0 Å². The lowest BCUT2D eigenvalue weighted by atomic mass is 10.1. The summed E-state index contributed by atoms with van der Waals surface area (Å²) in [5, 5.41) is 0. The van der Waals surface area contributed by atoms with Gasteiger partial charge in [0.1, 0.15) is 11.5 Å². The molecule has 0 N–H and O–H groups in total. The Balaban J connectivity index is 2.06. The maximum atomic E-state index is 5.81. The Morgan fingerprint density at radius 3 is 2.64 bits per heavy atom. The van der Waals surface area contributed by atoms with Crippen molar-refractivity contribution < 1.29 is 4.42 Å². The van der Waals surface area contributed by atoms with E-state index in [0.29, 0.717) is 0 Å². The molecule has 0 amide bonds. The van der Waals surface area contributed by atoms with Crippen LogP contribution in [-0.4, -0.2) is 0 Å². The molecule has 1 aliphatic rings. The van der Waals surface area contributed by atoms with Gasteiger partial charge in [-0.3, -0.25) is 0 Å². The van der Waals surface area contributed by atoms with Crippen molar-refractivity contribution in [3.63, 3.8) is 0 Å². The van der Waals surface area contributed by atoms with Crippen LogP contribution in [0.3, 0.4) is 0 Å². The summed E-state index contributed by atoms with van der Waals surface area (Å²) in [6, 6.07) is 12.5. The van der Waals surface area contributed by atoms with Gasteiger partial charge in [0.25, 0.3) is 0 Å². The third-order valence-electron chi connectivity index (χ3n) is 2.80. The molecule has 0 atom stereocenters. The van der Waals surface area contributed by atoms with Gasteiger partial charge in [0.15, 0.2) is 0 Å². The zero-order valence-electron chi connectivity index (χ0n) is 7.99. The van der Waals surface area contributed by atoms with Crippen LogP contribution in [0.25, 0.3) is 11.3 Å². The van der Waals surface area contributed by atoms with Crippen LogP contribution in [0.2, 0.25) is 0 Å². The number of furan rings is 1. The van der Waals surface area contributed by atoms with E-state index in [-0.39, 0.29) is 0 Å². The minimum atomic E-state index is 1.02. The molecule has 0 spiro atoms. The van der Waals surface area contributed by atoms with Crippen molar-refractivity contribution in [3.05, 3.63) is 47.7 Å². The standard InChI is InChI=1S/C13H12O/c1-2-5-10(6-3-1)13-9-11-7-4-8-12(11)14-13/h1-3,5-6,9H,4,7-8H2. The molecule has 0 fully saturated rings. The molecule has 0 aliphatic heterocycles. The van der Waals surface area contributed by atoms with Crippen molar-refractivity contribution in [2.75, 3.05) is 0 Å². The second-order valence-corrected chi connectivity index (χ2v) is 3.78. The molecule has 1 aromatic heterocycles. The van der Waals surface area contributed by atoms with Crippen LogP contribution in [0.4, 0.5) is 0 Å². The highest BCUT2D eigenvalue weighted by Gasteiger charge is 2.16. The molecule has 3 rings (SSSR count). The summed E-state index contributed by atoms with van der Waals surface area (Å²) in [6.45, 7) is 0. The number of fused-ring (bicyclic) bond motifs is 1. The van der Waals surface area contributed by atoms with E-state index >= 15 is 0 Å². The molecule has 14 heavy (non-hydrogen) atoms. The van der Waals surface area contributed by atoms with E-state index in [2.05, 4.69) is 18.2 Å². The van der Waals surface area contributed by atoms with Gasteiger partial charge in [-0.2, -0.15) is 0 Å². The molecule has 70 valence electrons. The number of rotatable bonds is 1. The molecule has 0 unspecified atom stereocenters. The van der Waals surface area contributed by atoms with Crippen LogP contribution in [0, 0.1) is 0 Å². The maximum Gasteiger partial charge on any atom is 0.134 e. The molecule has 1 heteroatoms. The molecule has 1 heterocycles. The monoisotopic (exact) mass is 184 g/mol. The molecule has 0 bridgehead atoms. The number of hydrogen-bond donors (Lipinski definition) is 0. The first-order valence-corrected chi connectivity index (χ1v) is 5.10. The SMILES string of the molecule is c1ccc(-c2cc3c(o2)CCC3)cc1. The fourth-order valence-corrected chi connectivity index (χ4v) is 2.07. The third kappa shape index (κ3) is 1.17. The van der Waals surface area contributed by atoms with Crippen molar-refractivity contribution in [2.24, 2.45) is 0 Å². The predicted molar refractivity (Wildman–Crippen MR) is 56.2 cm³/mol. The second kappa shape index (κ2) is 3.02. The van der Waals surface area contributed by atoms with Crippen molar-refractivity contribution >= 4 is 0 Å². The van der Waals surface area contributed by atoms with E-state index < -0.39 is 0 Å².